The number of ether oxygens (including phenoxy) is 1. The number of anilines is 2. The molecule has 4 heterocycles. The quantitative estimate of drug-likeness (QED) is 0.192. The summed E-state index contributed by atoms with van der Waals surface area (Å²) in [4.78, 5) is 11.3. The molecule has 1 aliphatic heterocycles. The Hall–Kier alpha value is -4.16. The third kappa shape index (κ3) is 8.58. The molecule has 1 aromatic carbocycles. The minimum Gasteiger partial charge on any atom is -0.476 e. The van der Waals surface area contributed by atoms with Crippen LogP contribution in [0.25, 0.3) is 16.3 Å². The van der Waals surface area contributed by atoms with E-state index in [0.717, 1.165) is 74.8 Å². The van der Waals surface area contributed by atoms with Crippen LogP contribution in [0.2, 0.25) is 0 Å². The van der Waals surface area contributed by atoms with Gasteiger partial charge in [-0.3, -0.25) is 4.72 Å². The maximum Gasteiger partial charge on any atom is 0.397 e. The van der Waals surface area contributed by atoms with Gasteiger partial charge in [-0.1, -0.05) is 67.9 Å². The summed E-state index contributed by atoms with van der Waals surface area (Å²) in [5.41, 5.74) is -0.441. The van der Waals surface area contributed by atoms with Crippen LogP contribution in [0.5, 0.6) is 5.88 Å². The second-order valence-corrected chi connectivity index (χ2v) is 16.2. The van der Waals surface area contributed by atoms with Crippen molar-refractivity contribution in [3.63, 3.8) is 0 Å². The number of thiazole rings is 1. The summed E-state index contributed by atoms with van der Waals surface area (Å²) in [6.45, 7) is 6.49. The lowest BCUT2D eigenvalue weighted by atomic mass is 9.86. The van der Waals surface area contributed by atoms with Gasteiger partial charge in [0, 0.05) is 30.9 Å². The normalized spacial score (nSPS) is 16.7. The number of halogens is 3. The number of nitrogens with one attached hydrogen (secondary N) is 1. The van der Waals surface area contributed by atoms with E-state index in [-0.39, 0.29) is 16.0 Å². The molecule has 5 rings (SSSR count). The number of pyridine rings is 1. The first-order valence-electron chi connectivity index (χ1n) is 16.7. The van der Waals surface area contributed by atoms with Gasteiger partial charge in [0.2, 0.25) is 5.88 Å². The van der Waals surface area contributed by atoms with Crippen LogP contribution in [0, 0.1) is 22.2 Å². The molecule has 1 N–H and O–H groups in total. The number of aromatic nitrogens is 4. The van der Waals surface area contributed by atoms with Crippen LogP contribution in [-0.4, -0.2) is 54.0 Å². The molecule has 0 amide bonds. The van der Waals surface area contributed by atoms with Gasteiger partial charge < -0.3 is 9.64 Å². The van der Waals surface area contributed by atoms with Crippen molar-refractivity contribution in [2.45, 2.75) is 83.8 Å². The van der Waals surface area contributed by atoms with Gasteiger partial charge in [-0.2, -0.15) is 26.9 Å². The van der Waals surface area contributed by atoms with Crippen molar-refractivity contribution in [1.82, 2.24) is 19.7 Å². The zero-order valence-electron chi connectivity index (χ0n) is 28.6. The molecule has 0 saturated heterocycles. The lowest BCUT2D eigenvalue weighted by molar-refractivity contribution is -0.219. The highest BCUT2D eigenvalue weighted by Gasteiger charge is 2.48. The number of aryl methyl sites for hydroxylation is 1. The molecule has 268 valence electrons. The number of nitrogens with zero attached hydrogens (tertiary/aromatic N) is 6. The molecule has 50 heavy (non-hydrogen) atoms. The third-order valence-electron chi connectivity index (χ3n) is 8.77. The van der Waals surface area contributed by atoms with Gasteiger partial charge in [-0.15, -0.1) is 5.10 Å². The van der Waals surface area contributed by atoms with Crippen molar-refractivity contribution >= 4 is 32.3 Å². The van der Waals surface area contributed by atoms with Crippen molar-refractivity contribution < 1.29 is 26.3 Å². The highest BCUT2D eigenvalue weighted by atomic mass is 32.2. The Morgan fingerprint density at radius 1 is 1.02 bits per heavy atom. The van der Waals surface area contributed by atoms with E-state index in [1.807, 2.05) is 43.0 Å². The molecule has 4 aromatic rings. The predicted octanol–water partition coefficient (Wildman–Crippen LogP) is 8.41. The molecule has 1 aliphatic rings. The van der Waals surface area contributed by atoms with Crippen LogP contribution in [0.1, 0.15) is 71.8 Å². The van der Waals surface area contributed by atoms with Crippen LogP contribution in [0.4, 0.5) is 24.1 Å². The lowest BCUT2D eigenvalue weighted by Crippen LogP contribution is -2.37. The zero-order chi connectivity index (χ0) is 36.2. The van der Waals surface area contributed by atoms with Gasteiger partial charge in [-0.05, 0) is 64.2 Å². The third-order valence-corrected chi connectivity index (χ3v) is 11.1. The van der Waals surface area contributed by atoms with Gasteiger partial charge in [0.15, 0.2) is 10.2 Å². The molecular weight excluding hydrogens is 688 g/mol. The van der Waals surface area contributed by atoms with E-state index in [9.17, 15) is 26.9 Å². The molecule has 0 fully saturated rings. The Morgan fingerprint density at radius 3 is 2.52 bits per heavy atom. The fraction of sp³-hybridized carbons (Fsp3) is 0.486. The number of nitriles is 1. The number of alkyl halides is 3. The second kappa shape index (κ2) is 15.0. The van der Waals surface area contributed by atoms with Crippen molar-refractivity contribution in [1.29, 1.82) is 5.26 Å². The first-order chi connectivity index (χ1) is 23.6. The highest BCUT2D eigenvalue weighted by molar-refractivity contribution is 7.92. The van der Waals surface area contributed by atoms with E-state index in [1.54, 1.807) is 18.3 Å². The topological polar surface area (TPSA) is 126 Å². The summed E-state index contributed by atoms with van der Waals surface area (Å²) in [6, 6.07) is 16.5. The van der Waals surface area contributed by atoms with Crippen LogP contribution in [0.15, 0.2) is 59.8 Å². The number of benzene rings is 1. The summed E-state index contributed by atoms with van der Waals surface area (Å²) in [5.74, 6) is 0.462. The van der Waals surface area contributed by atoms with Crippen molar-refractivity contribution in [3.05, 3.63) is 60.3 Å². The second-order valence-electron chi connectivity index (χ2n) is 13.5. The van der Waals surface area contributed by atoms with E-state index in [4.69, 9.17) is 9.72 Å². The van der Waals surface area contributed by atoms with Gasteiger partial charge in [0.1, 0.15) is 23.1 Å². The molecule has 0 spiro atoms. The molecule has 0 saturated carbocycles. The number of rotatable bonds is 8. The largest absolute Gasteiger partial charge is 0.476 e. The van der Waals surface area contributed by atoms with Crippen molar-refractivity contribution in [3.8, 4) is 28.2 Å². The average molecular weight is 730 g/mol. The van der Waals surface area contributed by atoms with E-state index in [1.165, 1.54) is 16.8 Å². The SMILES string of the molecule is CCC[C@@](C)(C#N)CN1CCCCCCc2ccccc2-c2nc(sc2-n2ccc(OCC(C)(C)C(F)(F)F)n2)NS(=O)(=O)c2cccc1n2. The smallest absolute Gasteiger partial charge is 0.397 e. The van der Waals surface area contributed by atoms with Crippen LogP contribution >= 0.6 is 11.3 Å². The molecular formula is C35H42F3N7O3S2. The van der Waals surface area contributed by atoms with E-state index >= 15 is 0 Å². The van der Waals surface area contributed by atoms with Crippen molar-refractivity contribution in [2.24, 2.45) is 10.8 Å². The molecule has 10 nitrogen and oxygen atoms in total. The molecule has 4 bridgehead atoms. The maximum absolute atomic E-state index is 13.8. The lowest BCUT2D eigenvalue weighted by Gasteiger charge is -2.31. The first kappa shape index (κ1) is 37.1. The van der Waals surface area contributed by atoms with E-state index in [2.05, 4.69) is 20.9 Å². The molecule has 3 aromatic heterocycles. The number of fused-ring (bicyclic) bond motifs is 6. The Labute approximate surface area is 295 Å². The summed E-state index contributed by atoms with van der Waals surface area (Å²) in [6.07, 6.45) is 3.01. The Morgan fingerprint density at radius 2 is 1.78 bits per heavy atom. The molecule has 15 heteroatoms. The van der Waals surface area contributed by atoms with Crippen LogP contribution in [-0.2, 0) is 16.4 Å². The summed E-state index contributed by atoms with van der Waals surface area (Å²) >= 11 is 1.03. The number of hydrogen-bond acceptors (Lipinski definition) is 9. The Kier molecular flexibility index (Phi) is 11.1. The monoisotopic (exact) mass is 729 g/mol. The fourth-order valence-electron chi connectivity index (χ4n) is 5.78. The summed E-state index contributed by atoms with van der Waals surface area (Å²) < 4.78 is 77.4. The standard InChI is InChI=1S/C35H42F3N7O3S2/c1-5-19-34(4,22-39)23-44-20-11-7-6-8-13-25-14-9-10-15-26(25)30-31(45-21-18-28(42-45)48-24-33(2,3)35(36,37)38)49-32(41-30)43-50(46,47)29-17-12-16-27(44)40-29/h9-10,12,14-18,21H,5-8,11,13,19-20,23-24H2,1-4H3,(H,41,43)/t34-/m0/s1. The summed E-state index contributed by atoms with van der Waals surface area (Å²) in [7, 11) is -4.22. The average Bonchev–Trinajstić information content (AvgIpc) is 3.71. The van der Waals surface area contributed by atoms with Crippen LogP contribution in [0.3, 0.4) is 0 Å². The molecule has 0 unspecified atom stereocenters. The number of sulfonamides is 1. The van der Waals surface area contributed by atoms with E-state index < -0.39 is 33.6 Å². The first-order valence-corrected chi connectivity index (χ1v) is 19.0. The fourth-order valence-corrected chi connectivity index (χ4v) is 7.89. The Balaban J connectivity index is 1.54. The molecule has 0 aliphatic carbocycles. The van der Waals surface area contributed by atoms with Crippen molar-refractivity contribution in [2.75, 3.05) is 29.3 Å². The Bertz CT molecular complexity index is 1940. The minimum atomic E-state index is -4.46. The van der Waals surface area contributed by atoms with Gasteiger partial charge >= 0.3 is 6.18 Å². The zero-order valence-corrected chi connectivity index (χ0v) is 30.3. The van der Waals surface area contributed by atoms with Gasteiger partial charge in [-0.25, -0.2) is 14.6 Å². The highest BCUT2D eigenvalue weighted by Crippen LogP contribution is 2.39. The molecule has 0 radical (unpaired) electrons. The minimum absolute atomic E-state index is 0.0106. The maximum atomic E-state index is 13.8. The van der Waals surface area contributed by atoms with Gasteiger partial charge in [0.05, 0.1) is 16.9 Å². The van der Waals surface area contributed by atoms with Gasteiger partial charge in [0.25, 0.3) is 10.0 Å². The summed E-state index contributed by atoms with van der Waals surface area (Å²) in [5, 5.41) is 14.7. The predicted molar refractivity (Wildman–Crippen MR) is 188 cm³/mol. The number of hydrogen-bond donors (Lipinski definition) is 1. The van der Waals surface area contributed by atoms with E-state index in [0.29, 0.717) is 36.0 Å². The molecule has 1 atom stereocenters. The van der Waals surface area contributed by atoms with Crippen LogP contribution < -0.4 is 14.4 Å².